The normalized spacial score (nSPS) is 17.4. The van der Waals surface area contributed by atoms with Gasteiger partial charge in [0.05, 0.1) is 0 Å². The maximum atomic E-state index is 12.3. The zero-order chi connectivity index (χ0) is 15.2. The number of carbonyl (C=O) groups is 1. The van der Waals surface area contributed by atoms with Gasteiger partial charge in [-0.1, -0.05) is 61.4 Å². The first-order chi connectivity index (χ1) is 10.1. The molecular formula is C17H25BrN2O. The van der Waals surface area contributed by atoms with Crippen LogP contribution >= 0.6 is 15.9 Å². The number of carbonyl (C=O) groups excluding carboxylic acids is 1. The number of benzene rings is 1. The Kier molecular flexibility index (Phi) is 6.24. The molecule has 21 heavy (non-hydrogen) atoms. The highest BCUT2D eigenvalue weighted by molar-refractivity contribution is 9.10. The van der Waals surface area contributed by atoms with Crippen molar-refractivity contribution in [3.05, 3.63) is 28.2 Å². The Labute approximate surface area is 136 Å². The SMILES string of the molecule is CCCCCCCCCN1C(=O)C(N)c2cc(Br)ccc21. The Bertz CT molecular complexity index is 490. The fraction of sp³-hybridized carbons (Fsp3) is 0.588. The molecule has 1 amide bonds. The summed E-state index contributed by atoms with van der Waals surface area (Å²) in [6, 6.07) is 5.43. The summed E-state index contributed by atoms with van der Waals surface area (Å²) in [6.45, 7) is 3.02. The Morgan fingerprint density at radius 1 is 1.14 bits per heavy atom. The number of anilines is 1. The first-order valence-corrected chi connectivity index (χ1v) is 8.81. The van der Waals surface area contributed by atoms with E-state index in [-0.39, 0.29) is 5.91 Å². The van der Waals surface area contributed by atoms with Gasteiger partial charge in [-0.15, -0.1) is 0 Å². The quantitative estimate of drug-likeness (QED) is 0.697. The Morgan fingerprint density at radius 3 is 2.52 bits per heavy atom. The Hall–Kier alpha value is -0.870. The average molecular weight is 353 g/mol. The van der Waals surface area contributed by atoms with E-state index in [0.717, 1.165) is 28.7 Å². The number of amides is 1. The van der Waals surface area contributed by atoms with Crippen LogP contribution in [0.2, 0.25) is 0 Å². The first kappa shape index (κ1) is 16.5. The van der Waals surface area contributed by atoms with E-state index < -0.39 is 6.04 Å². The van der Waals surface area contributed by atoms with Crippen molar-refractivity contribution < 1.29 is 4.79 Å². The molecule has 0 radical (unpaired) electrons. The summed E-state index contributed by atoms with van der Waals surface area (Å²) >= 11 is 3.44. The Balaban J connectivity index is 1.83. The summed E-state index contributed by atoms with van der Waals surface area (Å²) in [6.07, 6.45) is 8.77. The molecule has 4 heteroatoms. The monoisotopic (exact) mass is 352 g/mol. The second-order valence-electron chi connectivity index (χ2n) is 5.79. The van der Waals surface area contributed by atoms with Gasteiger partial charge < -0.3 is 10.6 Å². The van der Waals surface area contributed by atoms with E-state index in [0.29, 0.717) is 0 Å². The molecule has 0 spiro atoms. The zero-order valence-corrected chi connectivity index (χ0v) is 14.4. The average Bonchev–Trinajstić information content (AvgIpc) is 2.71. The van der Waals surface area contributed by atoms with Crippen LogP contribution in [0.4, 0.5) is 5.69 Å². The summed E-state index contributed by atoms with van der Waals surface area (Å²) in [7, 11) is 0. The molecule has 1 aliphatic heterocycles. The number of hydrogen-bond donors (Lipinski definition) is 1. The number of rotatable bonds is 8. The van der Waals surface area contributed by atoms with E-state index in [9.17, 15) is 4.79 Å². The van der Waals surface area contributed by atoms with E-state index in [2.05, 4.69) is 22.9 Å². The highest BCUT2D eigenvalue weighted by Gasteiger charge is 2.34. The van der Waals surface area contributed by atoms with Gasteiger partial charge >= 0.3 is 0 Å². The molecular weight excluding hydrogens is 328 g/mol. The minimum absolute atomic E-state index is 0.0362. The van der Waals surface area contributed by atoms with Crippen molar-refractivity contribution in [3.63, 3.8) is 0 Å². The molecule has 1 aromatic carbocycles. The topological polar surface area (TPSA) is 46.3 Å². The van der Waals surface area contributed by atoms with Crippen LogP contribution in [0.1, 0.15) is 63.5 Å². The molecule has 0 saturated heterocycles. The van der Waals surface area contributed by atoms with Crippen molar-refractivity contribution in [1.82, 2.24) is 0 Å². The van der Waals surface area contributed by atoms with Crippen molar-refractivity contribution in [2.45, 2.75) is 57.9 Å². The highest BCUT2D eigenvalue weighted by atomic mass is 79.9. The largest absolute Gasteiger partial charge is 0.316 e. The summed E-state index contributed by atoms with van der Waals surface area (Å²) in [5.41, 5.74) is 7.95. The van der Waals surface area contributed by atoms with Crippen LogP contribution in [0.3, 0.4) is 0 Å². The lowest BCUT2D eigenvalue weighted by molar-refractivity contribution is -0.119. The van der Waals surface area contributed by atoms with Crippen molar-refractivity contribution in [1.29, 1.82) is 0 Å². The number of halogens is 1. The van der Waals surface area contributed by atoms with Gasteiger partial charge in [-0.3, -0.25) is 4.79 Å². The third-order valence-corrected chi connectivity index (χ3v) is 4.63. The lowest BCUT2D eigenvalue weighted by Crippen LogP contribution is -2.32. The molecule has 0 aromatic heterocycles. The maximum absolute atomic E-state index is 12.3. The van der Waals surface area contributed by atoms with E-state index in [4.69, 9.17) is 5.73 Å². The summed E-state index contributed by atoms with van der Waals surface area (Å²) in [4.78, 5) is 14.1. The smallest absolute Gasteiger partial charge is 0.248 e. The van der Waals surface area contributed by atoms with Gasteiger partial charge in [0, 0.05) is 22.3 Å². The van der Waals surface area contributed by atoms with Gasteiger partial charge in [0.25, 0.3) is 0 Å². The molecule has 1 unspecified atom stereocenters. The highest BCUT2D eigenvalue weighted by Crippen LogP contribution is 2.36. The van der Waals surface area contributed by atoms with Crippen molar-refractivity contribution in [2.24, 2.45) is 5.73 Å². The standard InChI is InChI=1S/C17H25BrN2O/c1-2-3-4-5-6-7-8-11-20-15-10-9-13(18)12-14(15)16(19)17(20)21/h9-10,12,16H,2-8,11,19H2,1H3. The minimum atomic E-state index is -0.498. The van der Waals surface area contributed by atoms with Gasteiger partial charge in [-0.2, -0.15) is 0 Å². The van der Waals surface area contributed by atoms with Gasteiger partial charge in [0.1, 0.15) is 6.04 Å². The zero-order valence-electron chi connectivity index (χ0n) is 12.8. The van der Waals surface area contributed by atoms with Crippen LogP contribution in [-0.2, 0) is 4.79 Å². The molecule has 0 aliphatic carbocycles. The van der Waals surface area contributed by atoms with Crippen LogP contribution in [0, 0.1) is 0 Å². The second kappa shape index (κ2) is 7.95. The molecule has 0 fully saturated rings. The molecule has 1 aliphatic rings. The lowest BCUT2D eigenvalue weighted by Gasteiger charge is -2.17. The molecule has 1 heterocycles. The molecule has 2 N–H and O–H groups in total. The molecule has 1 aromatic rings. The number of fused-ring (bicyclic) bond motifs is 1. The summed E-state index contributed by atoms with van der Waals surface area (Å²) in [5, 5.41) is 0. The molecule has 0 saturated carbocycles. The third kappa shape index (κ3) is 4.07. The van der Waals surface area contributed by atoms with Crippen LogP contribution in [-0.4, -0.2) is 12.5 Å². The summed E-state index contributed by atoms with van der Waals surface area (Å²) < 4.78 is 0.974. The fourth-order valence-corrected chi connectivity index (χ4v) is 3.28. The predicted octanol–water partition coefficient (Wildman–Crippen LogP) is 4.55. The number of nitrogens with two attached hydrogens (primary N) is 1. The molecule has 3 nitrogen and oxygen atoms in total. The minimum Gasteiger partial charge on any atom is -0.316 e. The third-order valence-electron chi connectivity index (χ3n) is 4.13. The Morgan fingerprint density at radius 2 is 1.81 bits per heavy atom. The fourth-order valence-electron chi connectivity index (χ4n) is 2.90. The van der Waals surface area contributed by atoms with Crippen molar-refractivity contribution in [3.8, 4) is 0 Å². The second-order valence-corrected chi connectivity index (χ2v) is 6.71. The van der Waals surface area contributed by atoms with E-state index in [1.54, 1.807) is 0 Å². The van der Waals surface area contributed by atoms with Crippen LogP contribution in [0.15, 0.2) is 22.7 Å². The maximum Gasteiger partial charge on any atom is 0.248 e. The number of hydrogen-bond acceptors (Lipinski definition) is 2. The first-order valence-electron chi connectivity index (χ1n) is 8.01. The lowest BCUT2D eigenvalue weighted by atomic mass is 10.1. The van der Waals surface area contributed by atoms with Crippen molar-refractivity contribution >= 4 is 27.5 Å². The van der Waals surface area contributed by atoms with Crippen LogP contribution in [0.5, 0.6) is 0 Å². The van der Waals surface area contributed by atoms with Gasteiger partial charge in [-0.25, -0.2) is 0 Å². The molecule has 116 valence electrons. The van der Waals surface area contributed by atoms with Crippen LogP contribution < -0.4 is 10.6 Å². The van der Waals surface area contributed by atoms with Gasteiger partial charge in [-0.05, 0) is 24.6 Å². The summed E-state index contributed by atoms with van der Waals surface area (Å²) in [5.74, 6) is 0.0362. The molecule has 1 atom stereocenters. The van der Waals surface area contributed by atoms with Crippen molar-refractivity contribution in [2.75, 3.05) is 11.4 Å². The molecule has 0 bridgehead atoms. The van der Waals surface area contributed by atoms with E-state index in [1.165, 1.54) is 38.5 Å². The number of nitrogens with zero attached hydrogens (tertiary/aromatic N) is 1. The van der Waals surface area contributed by atoms with Gasteiger partial charge in [0.2, 0.25) is 5.91 Å². The molecule has 2 rings (SSSR count). The van der Waals surface area contributed by atoms with E-state index in [1.807, 2.05) is 23.1 Å². The van der Waals surface area contributed by atoms with E-state index >= 15 is 0 Å². The van der Waals surface area contributed by atoms with Crippen LogP contribution in [0.25, 0.3) is 0 Å². The number of unbranched alkanes of at least 4 members (excludes halogenated alkanes) is 6. The van der Waals surface area contributed by atoms with Gasteiger partial charge in [0.15, 0.2) is 0 Å². The predicted molar refractivity (Wildman–Crippen MR) is 91.4 cm³/mol.